The molecule has 0 radical (unpaired) electrons. The van der Waals surface area contributed by atoms with Crippen molar-refractivity contribution in [2.45, 2.75) is 25.6 Å². The number of aliphatic hydroxyl groups is 2. The molecule has 1 rings (SSSR count). The third kappa shape index (κ3) is 3.91. The molecule has 2 atom stereocenters. The number of rotatable bonds is 5. The highest BCUT2D eigenvalue weighted by Gasteiger charge is 2.23. The first-order valence-corrected chi connectivity index (χ1v) is 5.66. The number of aromatic nitrogens is 1. The Morgan fingerprint density at radius 3 is 2.89 bits per heavy atom. The summed E-state index contributed by atoms with van der Waals surface area (Å²) in [5, 5.41) is 28.4. The molecule has 1 aromatic rings. The summed E-state index contributed by atoms with van der Waals surface area (Å²) in [6.07, 6.45) is -1.78. The van der Waals surface area contributed by atoms with E-state index in [1.807, 2.05) is 6.07 Å². The van der Waals surface area contributed by atoms with E-state index in [0.29, 0.717) is 0 Å². The molecule has 0 spiro atoms. The van der Waals surface area contributed by atoms with Crippen LogP contribution in [0.2, 0.25) is 0 Å². The van der Waals surface area contributed by atoms with Gasteiger partial charge in [0.15, 0.2) is 0 Å². The van der Waals surface area contributed by atoms with Gasteiger partial charge in [0.2, 0.25) is 0 Å². The summed E-state index contributed by atoms with van der Waals surface area (Å²) in [6.45, 7) is 1.84. The van der Waals surface area contributed by atoms with Gasteiger partial charge >= 0.3 is 5.97 Å². The van der Waals surface area contributed by atoms with Gasteiger partial charge in [-0.1, -0.05) is 0 Å². The van der Waals surface area contributed by atoms with Crippen LogP contribution in [0, 0.1) is 11.3 Å². The molecular formula is C12H15N3O4. The first kappa shape index (κ1) is 14.9. The highest BCUT2D eigenvalue weighted by Crippen LogP contribution is 2.21. The second kappa shape index (κ2) is 6.68. The highest BCUT2D eigenvalue weighted by molar-refractivity contribution is 5.70. The van der Waals surface area contributed by atoms with Gasteiger partial charge in [-0.25, -0.2) is 4.98 Å². The Morgan fingerprint density at radius 2 is 2.32 bits per heavy atom. The number of hydrogen-bond donors (Lipinski definition) is 3. The summed E-state index contributed by atoms with van der Waals surface area (Å²) in [4.78, 5) is 14.9. The smallest absolute Gasteiger partial charge is 0.308 e. The van der Waals surface area contributed by atoms with Crippen molar-refractivity contribution in [3.63, 3.8) is 0 Å². The number of nitrogens with zero attached hydrogens (tertiary/aromatic N) is 2. The van der Waals surface area contributed by atoms with Crippen molar-refractivity contribution in [3.8, 4) is 6.07 Å². The Kier molecular flexibility index (Phi) is 5.23. The van der Waals surface area contributed by atoms with E-state index < -0.39 is 18.2 Å². The van der Waals surface area contributed by atoms with Gasteiger partial charge in [-0.15, -0.1) is 0 Å². The van der Waals surface area contributed by atoms with Crippen molar-refractivity contribution < 1.29 is 19.7 Å². The number of nitrogen functional groups attached to an aromatic ring is 1. The molecule has 102 valence electrons. The van der Waals surface area contributed by atoms with Crippen LogP contribution in [-0.4, -0.2) is 33.9 Å². The molecule has 0 aromatic carbocycles. The molecule has 0 saturated carbocycles. The number of pyridine rings is 1. The fourth-order valence-corrected chi connectivity index (χ4v) is 1.47. The van der Waals surface area contributed by atoms with Crippen molar-refractivity contribution in [1.29, 1.82) is 5.26 Å². The van der Waals surface area contributed by atoms with E-state index in [4.69, 9.17) is 11.0 Å². The van der Waals surface area contributed by atoms with E-state index in [2.05, 4.69) is 9.72 Å². The molecule has 2 unspecified atom stereocenters. The van der Waals surface area contributed by atoms with Crippen LogP contribution in [-0.2, 0) is 9.53 Å². The lowest BCUT2D eigenvalue weighted by molar-refractivity contribution is -0.147. The maximum atomic E-state index is 11.2. The zero-order valence-corrected chi connectivity index (χ0v) is 10.4. The Bertz CT molecular complexity index is 498. The molecule has 0 bridgehead atoms. The lowest BCUT2D eigenvalue weighted by Crippen LogP contribution is -2.23. The molecule has 0 aliphatic carbocycles. The van der Waals surface area contributed by atoms with E-state index in [0.717, 1.165) is 0 Å². The van der Waals surface area contributed by atoms with Crippen LogP contribution in [0.4, 0.5) is 5.82 Å². The fraction of sp³-hybridized carbons (Fsp3) is 0.417. The molecular weight excluding hydrogens is 250 g/mol. The molecule has 1 aromatic heterocycles. The maximum absolute atomic E-state index is 11.2. The van der Waals surface area contributed by atoms with Gasteiger partial charge in [0.25, 0.3) is 0 Å². The molecule has 4 N–H and O–H groups in total. The van der Waals surface area contributed by atoms with Crippen molar-refractivity contribution in [3.05, 3.63) is 23.4 Å². The van der Waals surface area contributed by atoms with Crippen LogP contribution in [0.3, 0.4) is 0 Å². The lowest BCUT2D eigenvalue weighted by atomic mass is 10.0. The largest absolute Gasteiger partial charge is 0.466 e. The van der Waals surface area contributed by atoms with Gasteiger partial charge in [0.1, 0.15) is 18.0 Å². The number of aliphatic hydroxyl groups excluding tert-OH is 2. The standard InChI is InChI=1S/C12H15N3O4/c1-2-19-10(17)4-9(16)11(18)8-3-7(5-13)12(14)15-6-8/h3,6,9,11,16,18H,2,4H2,1H3,(H2,14,15). The van der Waals surface area contributed by atoms with Crippen molar-refractivity contribution >= 4 is 11.8 Å². The number of esters is 1. The molecule has 7 nitrogen and oxygen atoms in total. The van der Waals surface area contributed by atoms with E-state index in [-0.39, 0.29) is 30.0 Å². The predicted molar refractivity (Wildman–Crippen MR) is 65.6 cm³/mol. The summed E-state index contributed by atoms with van der Waals surface area (Å²) in [6, 6.07) is 3.14. The molecule has 1 heterocycles. The average Bonchev–Trinajstić information content (AvgIpc) is 2.38. The minimum Gasteiger partial charge on any atom is -0.466 e. The highest BCUT2D eigenvalue weighted by atomic mass is 16.5. The Labute approximate surface area is 110 Å². The van der Waals surface area contributed by atoms with Crippen LogP contribution in [0.1, 0.15) is 30.6 Å². The molecule has 7 heteroatoms. The number of carbonyl (C=O) groups excluding carboxylic acids is 1. The van der Waals surface area contributed by atoms with Crippen molar-refractivity contribution in [2.75, 3.05) is 12.3 Å². The van der Waals surface area contributed by atoms with Crippen molar-refractivity contribution in [2.24, 2.45) is 0 Å². The van der Waals surface area contributed by atoms with Crippen LogP contribution in [0.5, 0.6) is 0 Å². The predicted octanol–water partition coefficient (Wildman–Crippen LogP) is -0.117. The summed E-state index contributed by atoms with van der Waals surface area (Å²) in [7, 11) is 0. The monoisotopic (exact) mass is 265 g/mol. The SMILES string of the molecule is CCOC(=O)CC(O)C(O)c1cnc(N)c(C#N)c1. The molecule has 0 fully saturated rings. The molecule has 0 aliphatic heterocycles. The molecule has 0 aliphatic rings. The number of ether oxygens (including phenoxy) is 1. The normalized spacial score (nSPS) is 13.4. The summed E-state index contributed by atoms with van der Waals surface area (Å²) in [5.74, 6) is -0.573. The minimum absolute atomic E-state index is 0.0401. The van der Waals surface area contributed by atoms with Gasteiger partial charge in [0, 0.05) is 11.8 Å². The van der Waals surface area contributed by atoms with E-state index >= 15 is 0 Å². The first-order valence-electron chi connectivity index (χ1n) is 5.66. The minimum atomic E-state index is -1.34. The number of nitriles is 1. The summed E-state index contributed by atoms with van der Waals surface area (Å²) < 4.78 is 4.66. The number of anilines is 1. The van der Waals surface area contributed by atoms with Gasteiger partial charge < -0.3 is 20.7 Å². The molecule has 19 heavy (non-hydrogen) atoms. The third-order valence-electron chi connectivity index (χ3n) is 2.45. The van der Waals surface area contributed by atoms with E-state index in [1.165, 1.54) is 12.3 Å². The average molecular weight is 265 g/mol. The van der Waals surface area contributed by atoms with E-state index in [1.54, 1.807) is 6.92 Å². The van der Waals surface area contributed by atoms with Crippen LogP contribution in [0.15, 0.2) is 12.3 Å². The fourth-order valence-electron chi connectivity index (χ4n) is 1.47. The number of nitrogens with two attached hydrogens (primary N) is 1. The van der Waals surface area contributed by atoms with Gasteiger partial charge in [-0.2, -0.15) is 5.26 Å². The van der Waals surface area contributed by atoms with Crippen molar-refractivity contribution in [1.82, 2.24) is 4.98 Å². The summed E-state index contributed by atoms with van der Waals surface area (Å²) in [5.41, 5.74) is 5.75. The zero-order valence-electron chi connectivity index (χ0n) is 10.4. The third-order valence-corrected chi connectivity index (χ3v) is 2.45. The number of hydrogen-bond acceptors (Lipinski definition) is 7. The first-order chi connectivity index (χ1) is 8.99. The van der Waals surface area contributed by atoms with Crippen LogP contribution in [0.25, 0.3) is 0 Å². The van der Waals surface area contributed by atoms with Crippen LogP contribution < -0.4 is 5.73 Å². The number of carbonyl (C=O) groups is 1. The topological polar surface area (TPSA) is 129 Å². The maximum Gasteiger partial charge on any atom is 0.308 e. The second-order valence-electron chi connectivity index (χ2n) is 3.83. The quantitative estimate of drug-likeness (QED) is 0.633. The second-order valence-corrected chi connectivity index (χ2v) is 3.83. The van der Waals surface area contributed by atoms with Gasteiger partial charge in [-0.05, 0) is 13.0 Å². The Morgan fingerprint density at radius 1 is 1.63 bits per heavy atom. The zero-order chi connectivity index (χ0) is 14.4. The summed E-state index contributed by atoms with van der Waals surface area (Å²) >= 11 is 0. The van der Waals surface area contributed by atoms with Gasteiger partial charge in [-0.3, -0.25) is 4.79 Å². The van der Waals surface area contributed by atoms with Crippen LogP contribution >= 0.6 is 0 Å². The Balaban J connectivity index is 2.79. The molecule has 0 amide bonds. The van der Waals surface area contributed by atoms with Gasteiger partial charge in [0.05, 0.1) is 24.7 Å². The lowest BCUT2D eigenvalue weighted by Gasteiger charge is -2.17. The van der Waals surface area contributed by atoms with E-state index in [9.17, 15) is 15.0 Å². The Hall–Kier alpha value is -2.17. The molecule has 0 saturated heterocycles.